The molecule has 4 rings (SSSR count). The lowest BCUT2D eigenvalue weighted by atomic mass is 9.63. The summed E-state index contributed by atoms with van der Waals surface area (Å²) in [6.07, 6.45) is 4.57. The Morgan fingerprint density at radius 1 is 1.33 bits per heavy atom. The highest BCUT2D eigenvalue weighted by molar-refractivity contribution is 5.76. The van der Waals surface area contributed by atoms with Gasteiger partial charge in [-0.05, 0) is 58.3 Å². The first kappa shape index (κ1) is 16.6. The number of carboxylic acid groups (broad SMARTS) is 1. The number of aliphatic hydroxyl groups is 1. The average Bonchev–Trinajstić information content (AvgIpc) is 2.93. The molecule has 24 heavy (non-hydrogen) atoms. The summed E-state index contributed by atoms with van der Waals surface area (Å²) >= 11 is 0. The molecule has 6 atom stereocenters. The molecule has 134 valence electrons. The van der Waals surface area contributed by atoms with Crippen molar-refractivity contribution in [2.45, 2.75) is 75.8 Å². The van der Waals surface area contributed by atoms with Gasteiger partial charge in [-0.1, -0.05) is 12.2 Å². The lowest BCUT2D eigenvalue weighted by Gasteiger charge is -2.56. The molecular formula is C19H29NO4. The van der Waals surface area contributed by atoms with Crippen molar-refractivity contribution in [1.29, 1.82) is 0 Å². The number of fused-ring (bicyclic) bond motifs is 3. The fourth-order valence-electron chi connectivity index (χ4n) is 6.86. The summed E-state index contributed by atoms with van der Waals surface area (Å²) in [7, 11) is 1.72. The molecular weight excluding hydrogens is 306 g/mol. The Hall–Kier alpha value is -0.910. The van der Waals surface area contributed by atoms with Crippen molar-refractivity contribution in [3.63, 3.8) is 0 Å². The monoisotopic (exact) mass is 335 g/mol. The van der Waals surface area contributed by atoms with Gasteiger partial charge in [0.15, 0.2) is 0 Å². The third-order valence-electron chi connectivity index (χ3n) is 7.81. The highest BCUT2D eigenvalue weighted by Crippen LogP contribution is 2.70. The van der Waals surface area contributed by atoms with E-state index in [0.29, 0.717) is 18.8 Å². The van der Waals surface area contributed by atoms with Gasteiger partial charge < -0.3 is 14.9 Å². The quantitative estimate of drug-likeness (QED) is 0.758. The number of carbonyl (C=O) groups is 1. The molecule has 2 N–H and O–H groups in total. The molecule has 2 aliphatic heterocycles. The Labute approximate surface area is 143 Å². The molecule has 0 radical (unpaired) electrons. The molecule has 2 saturated heterocycles. The lowest BCUT2D eigenvalue weighted by molar-refractivity contribution is -0.235. The van der Waals surface area contributed by atoms with Gasteiger partial charge in [-0.2, -0.15) is 0 Å². The van der Waals surface area contributed by atoms with Gasteiger partial charge in [-0.3, -0.25) is 9.69 Å². The minimum Gasteiger partial charge on any atom is -0.480 e. The zero-order valence-electron chi connectivity index (χ0n) is 14.9. The first-order valence-electron chi connectivity index (χ1n) is 9.14. The number of piperidine rings is 1. The van der Waals surface area contributed by atoms with Gasteiger partial charge in [0, 0.05) is 24.0 Å². The summed E-state index contributed by atoms with van der Waals surface area (Å²) in [6, 6.07) is -0.616. The van der Waals surface area contributed by atoms with Crippen molar-refractivity contribution in [2.75, 3.05) is 7.11 Å². The molecule has 6 unspecified atom stereocenters. The fraction of sp³-hybridized carbons (Fsp3) is 0.842. The highest BCUT2D eigenvalue weighted by Gasteiger charge is 2.75. The zero-order chi connectivity index (χ0) is 17.5. The second-order valence-electron chi connectivity index (χ2n) is 8.97. The van der Waals surface area contributed by atoms with Crippen LogP contribution in [-0.2, 0) is 9.53 Å². The van der Waals surface area contributed by atoms with Crippen molar-refractivity contribution < 1.29 is 19.7 Å². The molecule has 1 spiro atoms. The number of aliphatic hydroxyl groups excluding tert-OH is 1. The summed E-state index contributed by atoms with van der Waals surface area (Å²) in [5, 5.41) is 20.9. The second-order valence-corrected chi connectivity index (χ2v) is 8.97. The maximum absolute atomic E-state index is 12.4. The Kier molecular flexibility index (Phi) is 3.33. The topological polar surface area (TPSA) is 70.0 Å². The van der Waals surface area contributed by atoms with Crippen molar-refractivity contribution in [2.24, 2.45) is 17.3 Å². The fourth-order valence-corrected chi connectivity index (χ4v) is 6.86. The molecule has 2 saturated carbocycles. The SMILES string of the molecule is C=C1CC23CC1CCC2C1(OC)CCC(O)C(C)(C)N1C3C(=O)O. The number of carboxylic acids is 1. The van der Waals surface area contributed by atoms with Crippen LogP contribution in [-0.4, -0.2) is 51.6 Å². The maximum Gasteiger partial charge on any atom is 0.321 e. The van der Waals surface area contributed by atoms with E-state index in [1.807, 2.05) is 18.7 Å². The van der Waals surface area contributed by atoms with E-state index >= 15 is 0 Å². The minimum absolute atomic E-state index is 0.193. The molecule has 2 heterocycles. The van der Waals surface area contributed by atoms with Gasteiger partial charge in [0.1, 0.15) is 11.8 Å². The molecule has 5 heteroatoms. The number of ether oxygens (including phenoxy) is 1. The molecule has 0 amide bonds. The van der Waals surface area contributed by atoms with Crippen LogP contribution in [0, 0.1) is 17.3 Å². The highest BCUT2D eigenvalue weighted by atomic mass is 16.5. The van der Waals surface area contributed by atoms with Gasteiger partial charge in [0.05, 0.1) is 6.10 Å². The van der Waals surface area contributed by atoms with Crippen molar-refractivity contribution >= 4 is 5.97 Å². The number of aliphatic carboxylic acids is 1. The predicted molar refractivity (Wildman–Crippen MR) is 89.3 cm³/mol. The van der Waals surface area contributed by atoms with Gasteiger partial charge >= 0.3 is 5.97 Å². The number of hydrogen-bond donors (Lipinski definition) is 2. The molecule has 0 aromatic heterocycles. The first-order chi connectivity index (χ1) is 11.2. The van der Waals surface area contributed by atoms with Crippen molar-refractivity contribution in [1.82, 2.24) is 4.90 Å². The summed E-state index contributed by atoms with van der Waals surface area (Å²) in [4.78, 5) is 14.5. The van der Waals surface area contributed by atoms with Crippen LogP contribution < -0.4 is 0 Å². The van der Waals surface area contributed by atoms with E-state index in [2.05, 4.69) is 6.58 Å². The largest absolute Gasteiger partial charge is 0.480 e. The van der Waals surface area contributed by atoms with E-state index in [-0.39, 0.29) is 11.3 Å². The van der Waals surface area contributed by atoms with Crippen molar-refractivity contribution in [3.05, 3.63) is 12.2 Å². The van der Waals surface area contributed by atoms with Crippen LogP contribution in [0.2, 0.25) is 0 Å². The number of allylic oxidation sites excluding steroid dienone is 1. The summed E-state index contributed by atoms with van der Waals surface area (Å²) in [5.74, 6) is -0.138. The second kappa shape index (κ2) is 4.83. The van der Waals surface area contributed by atoms with E-state index in [4.69, 9.17) is 4.74 Å². The van der Waals surface area contributed by atoms with Gasteiger partial charge in [-0.25, -0.2) is 0 Å². The molecule has 5 nitrogen and oxygen atoms in total. The van der Waals surface area contributed by atoms with E-state index in [9.17, 15) is 15.0 Å². The maximum atomic E-state index is 12.4. The standard InChI is InChI=1S/C19H29NO4/c1-11-9-18-10-12(11)5-6-13(18)19(24-4)8-7-14(21)17(2,3)20(19)15(18)16(22)23/h12-15,21H,1,5-10H2,2-4H3,(H,22,23). The van der Waals surface area contributed by atoms with E-state index in [0.717, 1.165) is 25.7 Å². The average molecular weight is 335 g/mol. The van der Waals surface area contributed by atoms with E-state index in [1.54, 1.807) is 7.11 Å². The number of rotatable bonds is 2. The number of methoxy groups -OCH3 is 1. The summed E-state index contributed by atoms with van der Waals surface area (Å²) in [5.41, 5.74) is -0.291. The van der Waals surface area contributed by atoms with E-state index < -0.39 is 29.4 Å². The molecule has 0 aromatic carbocycles. The summed E-state index contributed by atoms with van der Waals surface area (Å²) in [6.45, 7) is 8.20. The van der Waals surface area contributed by atoms with Crippen LogP contribution in [0.3, 0.4) is 0 Å². The summed E-state index contributed by atoms with van der Waals surface area (Å²) < 4.78 is 6.14. The first-order valence-corrected chi connectivity index (χ1v) is 9.14. The molecule has 4 fully saturated rings. The predicted octanol–water partition coefficient (Wildman–Crippen LogP) is 2.39. The third kappa shape index (κ3) is 1.68. The molecule has 2 bridgehead atoms. The van der Waals surface area contributed by atoms with Crippen LogP contribution in [0.4, 0.5) is 0 Å². The molecule has 2 aliphatic carbocycles. The third-order valence-corrected chi connectivity index (χ3v) is 7.81. The number of nitrogens with zero attached hydrogens (tertiary/aromatic N) is 1. The zero-order valence-corrected chi connectivity index (χ0v) is 14.9. The van der Waals surface area contributed by atoms with Gasteiger partial charge in [0.2, 0.25) is 0 Å². The Bertz CT molecular complexity index is 602. The van der Waals surface area contributed by atoms with Crippen molar-refractivity contribution in [3.8, 4) is 0 Å². The van der Waals surface area contributed by atoms with Crippen LogP contribution in [0.5, 0.6) is 0 Å². The lowest BCUT2D eigenvalue weighted by Crippen LogP contribution is -2.69. The smallest absolute Gasteiger partial charge is 0.321 e. The van der Waals surface area contributed by atoms with Crippen LogP contribution >= 0.6 is 0 Å². The number of hydrogen-bond acceptors (Lipinski definition) is 4. The Morgan fingerprint density at radius 2 is 2.04 bits per heavy atom. The van der Waals surface area contributed by atoms with E-state index in [1.165, 1.54) is 5.57 Å². The van der Waals surface area contributed by atoms with Gasteiger partial charge in [0.25, 0.3) is 0 Å². The van der Waals surface area contributed by atoms with Crippen LogP contribution in [0.15, 0.2) is 12.2 Å². The minimum atomic E-state index is -0.781. The molecule has 0 aromatic rings. The Balaban J connectivity index is 1.93. The molecule has 4 aliphatic rings. The van der Waals surface area contributed by atoms with Crippen LogP contribution in [0.1, 0.15) is 52.4 Å². The van der Waals surface area contributed by atoms with Crippen LogP contribution in [0.25, 0.3) is 0 Å². The van der Waals surface area contributed by atoms with Gasteiger partial charge in [-0.15, -0.1) is 0 Å². The Morgan fingerprint density at radius 3 is 2.67 bits per heavy atom. The normalized spacial score (nSPS) is 49.8.